The van der Waals surface area contributed by atoms with E-state index in [0.717, 1.165) is 11.3 Å². The Kier molecular flexibility index (Phi) is 5.72. The maximum atomic E-state index is 13.2. The van der Waals surface area contributed by atoms with Crippen molar-refractivity contribution < 1.29 is 13.9 Å². The van der Waals surface area contributed by atoms with Crippen LogP contribution in [0.15, 0.2) is 53.7 Å². The summed E-state index contributed by atoms with van der Waals surface area (Å²) in [7, 11) is 0. The van der Waals surface area contributed by atoms with Crippen molar-refractivity contribution in [3.05, 3.63) is 59.9 Å². The standard InChI is InChI=1S/C19H19FN6O2S/c1-29-19-22-23-24-26(19)16-4-2-3-15(11-16)21-18(27)25-9-10-28-17(12-25)13-5-7-14(20)8-6-13/h2-8,11,17H,9-10,12H2,1H3,(H,21,27). The zero-order valence-electron chi connectivity index (χ0n) is 15.7. The summed E-state index contributed by atoms with van der Waals surface area (Å²) in [6, 6.07) is 13.2. The first-order valence-corrected chi connectivity index (χ1v) is 10.2. The number of halogens is 1. The number of anilines is 1. The fraction of sp³-hybridized carbons (Fsp3) is 0.263. The molecule has 10 heteroatoms. The van der Waals surface area contributed by atoms with Crippen LogP contribution in [0.1, 0.15) is 11.7 Å². The van der Waals surface area contributed by atoms with Gasteiger partial charge in [0.25, 0.3) is 0 Å². The molecule has 2 heterocycles. The quantitative estimate of drug-likeness (QED) is 0.661. The van der Waals surface area contributed by atoms with Crippen molar-refractivity contribution in [1.82, 2.24) is 25.1 Å². The van der Waals surface area contributed by atoms with Crippen LogP contribution in [0.2, 0.25) is 0 Å². The zero-order valence-corrected chi connectivity index (χ0v) is 16.5. The Hall–Kier alpha value is -2.98. The Morgan fingerprint density at radius 3 is 2.90 bits per heavy atom. The maximum Gasteiger partial charge on any atom is 0.322 e. The number of urea groups is 1. The molecule has 0 spiro atoms. The molecular formula is C19H19FN6O2S. The highest BCUT2D eigenvalue weighted by Gasteiger charge is 2.25. The highest BCUT2D eigenvalue weighted by Crippen LogP contribution is 2.24. The Balaban J connectivity index is 1.45. The highest BCUT2D eigenvalue weighted by molar-refractivity contribution is 7.98. The number of hydrogen-bond acceptors (Lipinski definition) is 6. The number of aromatic nitrogens is 4. The summed E-state index contributed by atoms with van der Waals surface area (Å²) in [5.74, 6) is -0.300. The lowest BCUT2D eigenvalue weighted by atomic mass is 10.1. The summed E-state index contributed by atoms with van der Waals surface area (Å²) >= 11 is 1.43. The Bertz CT molecular complexity index is 996. The first kappa shape index (κ1) is 19.3. The number of amides is 2. The Morgan fingerprint density at radius 1 is 1.28 bits per heavy atom. The molecule has 1 atom stereocenters. The summed E-state index contributed by atoms with van der Waals surface area (Å²) in [4.78, 5) is 14.5. The number of nitrogens with one attached hydrogen (secondary N) is 1. The van der Waals surface area contributed by atoms with E-state index in [0.29, 0.717) is 30.5 Å². The van der Waals surface area contributed by atoms with Crippen LogP contribution in [0.25, 0.3) is 5.69 Å². The molecule has 4 rings (SSSR count). The van der Waals surface area contributed by atoms with Gasteiger partial charge in [0.2, 0.25) is 5.16 Å². The van der Waals surface area contributed by atoms with E-state index in [1.165, 1.54) is 23.9 Å². The van der Waals surface area contributed by atoms with E-state index in [1.54, 1.807) is 21.7 Å². The second-order valence-corrected chi connectivity index (χ2v) is 7.19. The zero-order chi connectivity index (χ0) is 20.2. The first-order chi connectivity index (χ1) is 14.1. The van der Waals surface area contributed by atoms with Gasteiger partial charge in [-0.1, -0.05) is 30.0 Å². The number of hydrogen-bond donors (Lipinski definition) is 1. The molecule has 1 saturated heterocycles. The number of carbonyl (C=O) groups is 1. The third-order valence-electron chi connectivity index (χ3n) is 4.56. The van der Waals surface area contributed by atoms with Crippen LogP contribution in [-0.4, -0.2) is 57.1 Å². The number of morpholine rings is 1. The molecule has 1 N–H and O–H groups in total. The van der Waals surface area contributed by atoms with E-state index >= 15 is 0 Å². The molecule has 2 amide bonds. The van der Waals surface area contributed by atoms with Gasteiger partial charge in [0, 0.05) is 12.2 Å². The van der Waals surface area contributed by atoms with E-state index in [-0.39, 0.29) is 18.0 Å². The number of carbonyl (C=O) groups excluding carboxylic acids is 1. The van der Waals surface area contributed by atoms with Gasteiger partial charge in [-0.15, -0.1) is 5.10 Å². The summed E-state index contributed by atoms with van der Waals surface area (Å²) < 4.78 is 20.5. The lowest BCUT2D eigenvalue weighted by Gasteiger charge is -2.33. The van der Waals surface area contributed by atoms with Crippen LogP contribution < -0.4 is 5.32 Å². The van der Waals surface area contributed by atoms with Gasteiger partial charge in [0.1, 0.15) is 11.9 Å². The lowest BCUT2D eigenvalue weighted by Crippen LogP contribution is -2.44. The number of ether oxygens (including phenoxy) is 1. The molecule has 1 unspecified atom stereocenters. The average Bonchev–Trinajstić information content (AvgIpc) is 3.23. The van der Waals surface area contributed by atoms with Crippen molar-refractivity contribution >= 4 is 23.5 Å². The van der Waals surface area contributed by atoms with Gasteiger partial charge >= 0.3 is 6.03 Å². The number of benzene rings is 2. The SMILES string of the molecule is CSc1nnnn1-c1cccc(NC(=O)N2CCOC(c3ccc(F)cc3)C2)c1. The smallest absolute Gasteiger partial charge is 0.322 e. The predicted octanol–water partition coefficient (Wildman–Crippen LogP) is 3.13. The van der Waals surface area contributed by atoms with E-state index in [1.807, 2.05) is 30.5 Å². The van der Waals surface area contributed by atoms with Crippen LogP contribution in [0.5, 0.6) is 0 Å². The first-order valence-electron chi connectivity index (χ1n) is 9.00. The van der Waals surface area contributed by atoms with Crippen LogP contribution in [-0.2, 0) is 4.74 Å². The largest absolute Gasteiger partial charge is 0.370 e. The van der Waals surface area contributed by atoms with Crippen molar-refractivity contribution in [3.8, 4) is 5.69 Å². The molecule has 150 valence electrons. The minimum Gasteiger partial charge on any atom is -0.370 e. The fourth-order valence-corrected chi connectivity index (χ4v) is 3.53. The Morgan fingerprint density at radius 2 is 2.10 bits per heavy atom. The molecule has 2 aromatic carbocycles. The highest BCUT2D eigenvalue weighted by atomic mass is 32.2. The van der Waals surface area contributed by atoms with Gasteiger partial charge in [-0.05, 0) is 52.6 Å². The van der Waals surface area contributed by atoms with Crippen LogP contribution in [0, 0.1) is 5.82 Å². The normalized spacial score (nSPS) is 16.6. The second kappa shape index (κ2) is 8.58. The minimum absolute atomic E-state index is 0.223. The molecule has 0 radical (unpaired) electrons. The van der Waals surface area contributed by atoms with Gasteiger partial charge in [-0.25, -0.2) is 9.18 Å². The molecule has 0 saturated carbocycles. The van der Waals surface area contributed by atoms with Crippen molar-refractivity contribution in [2.45, 2.75) is 11.3 Å². The van der Waals surface area contributed by atoms with Crippen LogP contribution in [0.4, 0.5) is 14.9 Å². The van der Waals surface area contributed by atoms with Gasteiger partial charge < -0.3 is 15.0 Å². The van der Waals surface area contributed by atoms with E-state index < -0.39 is 0 Å². The molecule has 0 bridgehead atoms. The van der Waals surface area contributed by atoms with Gasteiger partial charge in [0.15, 0.2) is 0 Å². The molecule has 1 aliphatic heterocycles. The topological polar surface area (TPSA) is 85.2 Å². The monoisotopic (exact) mass is 414 g/mol. The molecule has 1 aliphatic rings. The number of nitrogens with zero attached hydrogens (tertiary/aromatic N) is 5. The maximum absolute atomic E-state index is 13.2. The summed E-state index contributed by atoms with van der Waals surface area (Å²) in [5, 5.41) is 15.2. The number of thioether (sulfide) groups is 1. The summed E-state index contributed by atoms with van der Waals surface area (Å²) in [6.07, 6.45) is 1.61. The predicted molar refractivity (Wildman–Crippen MR) is 107 cm³/mol. The van der Waals surface area contributed by atoms with Crippen molar-refractivity contribution in [3.63, 3.8) is 0 Å². The van der Waals surface area contributed by atoms with Gasteiger partial charge in [0.05, 0.1) is 18.8 Å². The minimum atomic E-state index is -0.300. The average molecular weight is 414 g/mol. The van der Waals surface area contributed by atoms with E-state index in [2.05, 4.69) is 20.8 Å². The molecular weight excluding hydrogens is 395 g/mol. The molecule has 1 fully saturated rings. The second-order valence-electron chi connectivity index (χ2n) is 6.41. The summed E-state index contributed by atoms with van der Waals surface area (Å²) in [6.45, 7) is 1.28. The third-order valence-corrected chi connectivity index (χ3v) is 5.18. The Labute approximate surface area is 171 Å². The van der Waals surface area contributed by atoms with Crippen molar-refractivity contribution in [2.75, 3.05) is 31.3 Å². The van der Waals surface area contributed by atoms with Crippen LogP contribution in [0.3, 0.4) is 0 Å². The number of tetrazole rings is 1. The third kappa shape index (κ3) is 4.38. The van der Waals surface area contributed by atoms with E-state index in [9.17, 15) is 9.18 Å². The van der Waals surface area contributed by atoms with Gasteiger partial charge in [-0.3, -0.25) is 0 Å². The molecule has 3 aromatic rings. The molecule has 8 nitrogen and oxygen atoms in total. The fourth-order valence-electron chi connectivity index (χ4n) is 3.10. The molecule has 0 aliphatic carbocycles. The molecule has 29 heavy (non-hydrogen) atoms. The van der Waals surface area contributed by atoms with Crippen molar-refractivity contribution in [1.29, 1.82) is 0 Å². The number of rotatable bonds is 4. The van der Waals surface area contributed by atoms with Crippen molar-refractivity contribution in [2.24, 2.45) is 0 Å². The molecule has 1 aromatic heterocycles. The van der Waals surface area contributed by atoms with E-state index in [4.69, 9.17) is 4.74 Å². The van der Waals surface area contributed by atoms with Crippen LogP contribution >= 0.6 is 11.8 Å². The van der Waals surface area contributed by atoms with Gasteiger partial charge in [-0.2, -0.15) is 4.68 Å². The lowest BCUT2D eigenvalue weighted by molar-refractivity contribution is -0.0135. The summed E-state index contributed by atoms with van der Waals surface area (Å²) in [5.41, 5.74) is 2.23.